The van der Waals surface area contributed by atoms with E-state index in [0.717, 1.165) is 17.9 Å². The quantitative estimate of drug-likeness (QED) is 0.782. The van der Waals surface area contributed by atoms with Gasteiger partial charge < -0.3 is 15.2 Å². The molecule has 136 valence electrons. The van der Waals surface area contributed by atoms with Crippen LogP contribution in [0.15, 0.2) is 71.1 Å². The number of hydrogen-bond donors (Lipinski definition) is 1. The Bertz CT molecular complexity index is 807. The molecule has 0 amide bonds. The van der Waals surface area contributed by atoms with E-state index in [-0.39, 0.29) is 6.04 Å². The molecule has 0 fully saturated rings. The fourth-order valence-electron chi connectivity index (χ4n) is 3.52. The van der Waals surface area contributed by atoms with Crippen LogP contribution in [0.3, 0.4) is 0 Å². The molecule has 1 aliphatic carbocycles. The van der Waals surface area contributed by atoms with E-state index in [9.17, 15) is 0 Å². The Kier molecular flexibility index (Phi) is 5.80. The van der Waals surface area contributed by atoms with Crippen LogP contribution in [0.4, 0.5) is 0 Å². The van der Waals surface area contributed by atoms with E-state index in [1.807, 2.05) is 31.2 Å². The number of allylic oxidation sites excluding steroid dienone is 2. The van der Waals surface area contributed by atoms with Crippen LogP contribution in [0.5, 0.6) is 11.5 Å². The standard InChI is InChI=1S/C22H26NO2P/c1-15-17(16(2)23)13-14-20(15)26(21-11-7-5-9-18(21)24-3)22-12-8-6-10-19(22)25-4/h5-13,16H,14,23H2,1-4H3/t16-/m1/s1. The van der Waals surface area contributed by atoms with Crippen molar-refractivity contribution in [1.82, 2.24) is 0 Å². The van der Waals surface area contributed by atoms with Gasteiger partial charge in [0.05, 0.1) is 14.2 Å². The highest BCUT2D eigenvalue weighted by molar-refractivity contribution is 7.77. The molecule has 1 aliphatic rings. The van der Waals surface area contributed by atoms with Crippen molar-refractivity contribution in [3.05, 3.63) is 71.1 Å². The van der Waals surface area contributed by atoms with Crippen molar-refractivity contribution >= 4 is 18.5 Å². The summed E-state index contributed by atoms with van der Waals surface area (Å²) < 4.78 is 11.4. The molecule has 3 rings (SSSR count). The molecule has 4 heteroatoms. The van der Waals surface area contributed by atoms with E-state index in [1.165, 1.54) is 27.1 Å². The third-order valence-corrected chi connectivity index (χ3v) is 7.55. The first-order chi connectivity index (χ1) is 12.6. The minimum Gasteiger partial charge on any atom is -0.496 e. The lowest BCUT2D eigenvalue weighted by atomic mass is 10.1. The molecule has 2 aromatic carbocycles. The van der Waals surface area contributed by atoms with Crippen molar-refractivity contribution in [2.24, 2.45) is 5.73 Å². The van der Waals surface area contributed by atoms with E-state index >= 15 is 0 Å². The second kappa shape index (κ2) is 8.07. The molecule has 0 radical (unpaired) electrons. The SMILES string of the molecule is COc1ccccc1P(C1=C(C)C([C@@H](C)N)=CC1)c1ccccc1OC. The summed E-state index contributed by atoms with van der Waals surface area (Å²) in [5.74, 6) is 1.83. The lowest BCUT2D eigenvalue weighted by Gasteiger charge is -2.25. The van der Waals surface area contributed by atoms with Crippen LogP contribution in [-0.4, -0.2) is 20.3 Å². The molecule has 0 aromatic heterocycles. The zero-order chi connectivity index (χ0) is 18.7. The van der Waals surface area contributed by atoms with Crippen LogP contribution >= 0.6 is 7.92 Å². The highest BCUT2D eigenvalue weighted by Crippen LogP contribution is 2.53. The van der Waals surface area contributed by atoms with Gasteiger partial charge >= 0.3 is 0 Å². The van der Waals surface area contributed by atoms with Crippen LogP contribution in [-0.2, 0) is 0 Å². The lowest BCUT2D eigenvalue weighted by Crippen LogP contribution is -2.19. The molecule has 0 bridgehead atoms. The Balaban J connectivity index is 2.22. The summed E-state index contributed by atoms with van der Waals surface area (Å²) in [4.78, 5) is 0. The van der Waals surface area contributed by atoms with Gasteiger partial charge in [-0.2, -0.15) is 0 Å². The number of methoxy groups -OCH3 is 2. The van der Waals surface area contributed by atoms with Gasteiger partial charge in [-0.3, -0.25) is 0 Å². The van der Waals surface area contributed by atoms with Gasteiger partial charge in [-0.25, -0.2) is 0 Å². The van der Waals surface area contributed by atoms with Gasteiger partial charge in [0.1, 0.15) is 11.5 Å². The van der Waals surface area contributed by atoms with Crippen molar-refractivity contribution in [3.63, 3.8) is 0 Å². The number of benzene rings is 2. The first kappa shape index (κ1) is 18.7. The lowest BCUT2D eigenvalue weighted by molar-refractivity contribution is 0.417. The molecular formula is C22H26NO2P. The molecule has 1 atom stereocenters. The zero-order valence-corrected chi connectivity index (χ0v) is 16.7. The van der Waals surface area contributed by atoms with Gasteiger partial charge in [0.15, 0.2) is 0 Å². The first-order valence-corrected chi connectivity index (χ1v) is 10.1. The first-order valence-electron chi connectivity index (χ1n) is 8.80. The summed E-state index contributed by atoms with van der Waals surface area (Å²) in [6.07, 6.45) is 3.19. The smallest absolute Gasteiger partial charge is 0.127 e. The highest BCUT2D eigenvalue weighted by Gasteiger charge is 2.29. The third-order valence-electron chi connectivity index (χ3n) is 4.79. The predicted molar refractivity (Wildman–Crippen MR) is 111 cm³/mol. The molecular weight excluding hydrogens is 341 g/mol. The minimum absolute atomic E-state index is 0.0414. The Labute approximate surface area is 157 Å². The van der Waals surface area contributed by atoms with E-state index in [1.54, 1.807) is 14.2 Å². The molecule has 0 saturated carbocycles. The fourth-order valence-corrected chi connectivity index (χ4v) is 6.34. The number of nitrogens with two attached hydrogens (primary N) is 1. The highest BCUT2D eigenvalue weighted by atomic mass is 31.1. The van der Waals surface area contributed by atoms with Crippen molar-refractivity contribution < 1.29 is 9.47 Å². The second-order valence-corrected chi connectivity index (χ2v) is 8.58. The van der Waals surface area contributed by atoms with Crippen molar-refractivity contribution in [3.8, 4) is 11.5 Å². The van der Waals surface area contributed by atoms with Crippen molar-refractivity contribution in [2.75, 3.05) is 14.2 Å². The van der Waals surface area contributed by atoms with E-state index < -0.39 is 7.92 Å². The number of rotatable bonds is 6. The van der Waals surface area contributed by atoms with Crippen LogP contribution in [0.25, 0.3) is 0 Å². The van der Waals surface area contributed by atoms with Gasteiger partial charge in [0, 0.05) is 16.7 Å². The normalized spacial score (nSPS) is 15.2. The summed E-state index contributed by atoms with van der Waals surface area (Å²) in [5, 5.41) is 3.84. The largest absolute Gasteiger partial charge is 0.496 e. The topological polar surface area (TPSA) is 44.5 Å². The average Bonchev–Trinajstić information content (AvgIpc) is 3.04. The van der Waals surface area contributed by atoms with E-state index in [0.29, 0.717) is 0 Å². The molecule has 26 heavy (non-hydrogen) atoms. The van der Waals surface area contributed by atoms with Crippen LogP contribution < -0.4 is 25.8 Å². The number of ether oxygens (including phenoxy) is 2. The van der Waals surface area contributed by atoms with Crippen LogP contribution in [0, 0.1) is 0 Å². The van der Waals surface area contributed by atoms with E-state index in [4.69, 9.17) is 15.2 Å². The molecule has 0 spiro atoms. The minimum atomic E-state index is -0.774. The van der Waals surface area contributed by atoms with Gasteiger partial charge in [-0.1, -0.05) is 42.5 Å². The molecule has 2 N–H and O–H groups in total. The van der Waals surface area contributed by atoms with Crippen LogP contribution in [0.2, 0.25) is 0 Å². The molecule has 0 unspecified atom stereocenters. The predicted octanol–water partition coefficient (Wildman–Crippen LogP) is 4.09. The Hall–Kier alpha value is -2.09. The summed E-state index contributed by atoms with van der Waals surface area (Å²) >= 11 is 0. The Morgan fingerprint density at radius 3 is 1.85 bits per heavy atom. The molecule has 0 aliphatic heterocycles. The average molecular weight is 367 g/mol. The maximum absolute atomic E-state index is 6.20. The number of hydrogen-bond acceptors (Lipinski definition) is 3. The van der Waals surface area contributed by atoms with Gasteiger partial charge in [-0.05, 0) is 56.8 Å². The number of para-hydroxylation sites is 2. The Morgan fingerprint density at radius 1 is 0.923 bits per heavy atom. The van der Waals surface area contributed by atoms with Crippen molar-refractivity contribution in [1.29, 1.82) is 0 Å². The second-order valence-electron chi connectivity index (χ2n) is 6.40. The third kappa shape index (κ3) is 3.42. The fraction of sp³-hybridized carbons (Fsp3) is 0.273. The summed E-state index contributed by atoms with van der Waals surface area (Å²) in [7, 11) is 2.69. The summed E-state index contributed by atoms with van der Waals surface area (Å²) in [6.45, 7) is 4.24. The summed E-state index contributed by atoms with van der Waals surface area (Å²) in [5.41, 5.74) is 8.75. The van der Waals surface area contributed by atoms with Crippen molar-refractivity contribution in [2.45, 2.75) is 26.3 Å². The Morgan fingerprint density at radius 2 is 1.42 bits per heavy atom. The molecule has 3 nitrogen and oxygen atoms in total. The maximum Gasteiger partial charge on any atom is 0.127 e. The maximum atomic E-state index is 6.20. The van der Waals surface area contributed by atoms with Crippen LogP contribution in [0.1, 0.15) is 20.3 Å². The van der Waals surface area contributed by atoms with Gasteiger partial charge in [-0.15, -0.1) is 0 Å². The molecule has 0 saturated heterocycles. The van der Waals surface area contributed by atoms with Gasteiger partial charge in [0.25, 0.3) is 0 Å². The monoisotopic (exact) mass is 367 g/mol. The zero-order valence-electron chi connectivity index (χ0n) is 15.8. The van der Waals surface area contributed by atoms with E-state index in [2.05, 4.69) is 37.3 Å². The van der Waals surface area contributed by atoms with Gasteiger partial charge in [0.2, 0.25) is 0 Å². The molecule has 0 heterocycles. The summed E-state index contributed by atoms with van der Waals surface area (Å²) in [6, 6.07) is 16.6. The molecule has 2 aromatic rings.